The first-order valence-corrected chi connectivity index (χ1v) is 6.43. The van der Waals surface area contributed by atoms with Crippen LogP contribution in [0, 0.1) is 0 Å². The molecular formula is C12H22N2O5. The summed E-state index contributed by atoms with van der Waals surface area (Å²) in [7, 11) is 1.57. The molecule has 1 aliphatic rings. The van der Waals surface area contributed by atoms with Crippen molar-refractivity contribution in [2.75, 3.05) is 26.9 Å². The van der Waals surface area contributed by atoms with E-state index in [1.807, 2.05) is 6.92 Å². The van der Waals surface area contributed by atoms with E-state index in [1.165, 1.54) is 0 Å². The molecule has 1 fully saturated rings. The molecule has 0 aromatic heterocycles. The van der Waals surface area contributed by atoms with Crippen LogP contribution >= 0.6 is 0 Å². The van der Waals surface area contributed by atoms with Crippen LogP contribution in [0.2, 0.25) is 0 Å². The Balaban J connectivity index is 2.39. The average Bonchev–Trinajstić information content (AvgIpc) is 2.85. The summed E-state index contributed by atoms with van der Waals surface area (Å²) in [6.45, 7) is 3.20. The van der Waals surface area contributed by atoms with E-state index in [0.29, 0.717) is 39.0 Å². The molecule has 1 saturated heterocycles. The zero-order valence-corrected chi connectivity index (χ0v) is 11.4. The third-order valence-electron chi connectivity index (χ3n) is 3.25. The van der Waals surface area contributed by atoms with E-state index < -0.39 is 23.6 Å². The van der Waals surface area contributed by atoms with Gasteiger partial charge in [0, 0.05) is 20.1 Å². The Hall–Kier alpha value is -1.34. The SMILES string of the molecule is CCC[C@H](NC(=O)NCC1(OC)CCOC1)C(=O)O. The third kappa shape index (κ3) is 4.68. The quantitative estimate of drug-likeness (QED) is 0.622. The van der Waals surface area contributed by atoms with Crippen molar-refractivity contribution in [3.8, 4) is 0 Å². The second-order valence-corrected chi connectivity index (χ2v) is 4.70. The maximum Gasteiger partial charge on any atom is 0.326 e. The van der Waals surface area contributed by atoms with Crippen molar-refractivity contribution in [2.45, 2.75) is 37.8 Å². The van der Waals surface area contributed by atoms with Crippen molar-refractivity contribution in [3.05, 3.63) is 0 Å². The minimum absolute atomic E-state index is 0.299. The van der Waals surface area contributed by atoms with Crippen molar-refractivity contribution in [2.24, 2.45) is 0 Å². The molecule has 1 unspecified atom stereocenters. The van der Waals surface area contributed by atoms with Gasteiger partial charge in [0.05, 0.1) is 13.2 Å². The van der Waals surface area contributed by atoms with Crippen LogP contribution in [0.5, 0.6) is 0 Å². The van der Waals surface area contributed by atoms with Gasteiger partial charge >= 0.3 is 12.0 Å². The zero-order chi connectivity index (χ0) is 14.3. The van der Waals surface area contributed by atoms with Crippen LogP contribution in [0.4, 0.5) is 4.79 Å². The number of carboxylic acid groups (broad SMARTS) is 1. The Labute approximate surface area is 112 Å². The number of carboxylic acids is 1. The number of carbonyl (C=O) groups is 2. The summed E-state index contributed by atoms with van der Waals surface area (Å²) in [5, 5.41) is 14.0. The number of ether oxygens (including phenoxy) is 2. The predicted molar refractivity (Wildman–Crippen MR) is 68.0 cm³/mol. The topological polar surface area (TPSA) is 96.9 Å². The van der Waals surface area contributed by atoms with Crippen molar-refractivity contribution in [1.29, 1.82) is 0 Å². The van der Waals surface area contributed by atoms with Gasteiger partial charge in [0.15, 0.2) is 0 Å². The Morgan fingerprint density at radius 1 is 1.53 bits per heavy atom. The predicted octanol–water partition coefficient (Wildman–Crippen LogP) is 0.344. The number of carbonyl (C=O) groups excluding carboxylic acids is 1. The van der Waals surface area contributed by atoms with E-state index >= 15 is 0 Å². The molecule has 2 atom stereocenters. The number of hydrogen-bond donors (Lipinski definition) is 3. The standard InChI is InChI=1S/C12H22N2O5/c1-3-4-9(10(15)16)14-11(17)13-7-12(18-2)5-6-19-8-12/h9H,3-8H2,1-2H3,(H,15,16)(H2,13,14,17)/t9-,12?/m0/s1. The Kier molecular flexibility index (Phi) is 6.04. The van der Waals surface area contributed by atoms with Gasteiger partial charge in [-0.15, -0.1) is 0 Å². The molecule has 0 aromatic carbocycles. The van der Waals surface area contributed by atoms with Crippen LogP contribution in [0.3, 0.4) is 0 Å². The molecule has 2 amide bonds. The van der Waals surface area contributed by atoms with Crippen LogP contribution in [0.15, 0.2) is 0 Å². The number of rotatable bonds is 7. The molecule has 1 rings (SSSR count). The molecule has 0 spiro atoms. The first-order valence-electron chi connectivity index (χ1n) is 6.43. The van der Waals surface area contributed by atoms with Crippen molar-refractivity contribution in [3.63, 3.8) is 0 Å². The zero-order valence-electron chi connectivity index (χ0n) is 11.4. The minimum Gasteiger partial charge on any atom is -0.480 e. The first kappa shape index (κ1) is 15.7. The highest BCUT2D eigenvalue weighted by Gasteiger charge is 2.35. The summed E-state index contributed by atoms with van der Waals surface area (Å²) in [5.74, 6) is -1.03. The summed E-state index contributed by atoms with van der Waals surface area (Å²) in [6, 6.07) is -1.35. The van der Waals surface area contributed by atoms with Gasteiger partial charge in [-0.2, -0.15) is 0 Å². The third-order valence-corrected chi connectivity index (χ3v) is 3.25. The van der Waals surface area contributed by atoms with Crippen LogP contribution in [-0.2, 0) is 14.3 Å². The monoisotopic (exact) mass is 274 g/mol. The average molecular weight is 274 g/mol. The van der Waals surface area contributed by atoms with E-state index in [1.54, 1.807) is 7.11 Å². The second kappa shape index (κ2) is 7.30. The van der Waals surface area contributed by atoms with Gasteiger partial charge < -0.3 is 25.2 Å². The molecule has 0 aliphatic carbocycles. The van der Waals surface area contributed by atoms with Crippen LogP contribution in [0.1, 0.15) is 26.2 Å². The van der Waals surface area contributed by atoms with E-state index in [-0.39, 0.29) is 0 Å². The molecule has 19 heavy (non-hydrogen) atoms. The fourth-order valence-corrected chi connectivity index (χ4v) is 1.96. The summed E-state index contributed by atoms with van der Waals surface area (Å²) in [6.07, 6.45) is 1.80. The lowest BCUT2D eigenvalue weighted by Crippen LogP contribution is -2.51. The van der Waals surface area contributed by atoms with Crippen molar-refractivity contribution >= 4 is 12.0 Å². The van der Waals surface area contributed by atoms with E-state index in [2.05, 4.69) is 10.6 Å². The number of amides is 2. The fraction of sp³-hybridized carbons (Fsp3) is 0.833. The lowest BCUT2D eigenvalue weighted by Gasteiger charge is -2.26. The minimum atomic E-state index is -1.03. The van der Waals surface area contributed by atoms with Gasteiger partial charge in [0.2, 0.25) is 0 Å². The number of aliphatic carboxylic acids is 1. The Morgan fingerprint density at radius 2 is 2.26 bits per heavy atom. The maximum absolute atomic E-state index is 11.7. The van der Waals surface area contributed by atoms with Gasteiger partial charge in [0.1, 0.15) is 11.6 Å². The van der Waals surface area contributed by atoms with Crippen molar-refractivity contribution in [1.82, 2.24) is 10.6 Å². The number of urea groups is 1. The number of methoxy groups -OCH3 is 1. The molecule has 1 aliphatic heterocycles. The van der Waals surface area contributed by atoms with E-state index in [4.69, 9.17) is 14.6 Å². The molecule has 110 valence electrons. The molecule has 7 nitrogen and oxygen atoms in total. The van der Waals surface area contributed by atoms with Crippen LogP contribution < -0.4 is 10.6 Å². The van der Waals surface area contributed by atoms with E-state index in [0.717, 1.165) is 0 Å². The fourth-order valence-electron chi connectivity index (χ4n) is 1.96. The maximum atomic E-state index is 11.7. The molecule has 1 heterocycles. The highest BCUT2D eigenvalue weighted by molar-refractivity contribution is 5.82. The summed E-state index contributed by atoms with van der Waals surface area (Å²) >= 11 is 0. The largest absolute Gasteiger partial charge is 0.480 e. The molecule has 0 saturated carbocycles. The summed E-state index contributed by atoms with van der Waals surface area (Å²) in [5.41, 5.74) is -0.499. The van der Waals surface area contributed by atoms with E-state index in [9.17, 15) is 9.59 Å². The molecule has 7 heteroatoms. The first-order chi connectivity index (χ1) is 9.03. The normalized spacial score (nSPS) is 23.9. The van der Waals surface area contributed by atoms with Gasteiger partial charge in [-0.1, -0.05) is 13.3 Å². The summed E-state index contributed by atoms with van der Waals surface area (Å²) in [4.78, 5) is 22.6. The Morgan fingerprint density at radius 3 is 2.74 bits per heavy atom. The molecule has 3 N–H and O–H groups in total. The highest BCUT2D eigenvalue weighted by atomic mass is 16.5. The lowest BCUT2D eigenvalue weighted by atomic mass is 10.0. The van der Waals surface area contributed by atoms with Gasteiger partial charge in [-0.05, 0) is 6.42 Å². The van der Waals surface area contributed by atoms with Crippen LogP contribution in [0.25, 0.3) is 0 Å². The highest BCUT2D eigenvalue weighted by Crippen LogP contribution is 2.21. The molecule has 0 bridgehead atoms. The lowest BCUT2D eigenvalue weighted by molar-refractivity contribution is -0.139. The molecular weight excluding hydrogens is 252 g/mol. The van der Waals surface area contributed by atoms with Crippen molar-refractivity contribution < 1.29 is 24.2 Å². The van der Waals surface area contributed by atoms with Gasteiger partial charge in [0.25, 0.3) is 0 Å². The van der Waals surface area contributed by atoms with Gasteiger partial charge in [-0.25, -0.2) is 9.59 Å². The van der Waals surface area contributed by atoms with Crippen LogP contribution in [-0.4, -0.2) is 55.6 Å². The van der Waals surface area contributed by atoms with Gasteiger partial charge in [-0.3, -0.25) is 0 Å². The Bertz CT molecular complexity index is 315. The molecule has 0 radical (unpaired) electrons. The summed E-state index contributed by atoms with van der Waals surface area (Å²) < 4.78 is 10.6. The molecule has 0 aromatic rings. The smallest absolute Gasteiger partial charge is 0.326 e. The second-order valence-electron chi connectivity index (χ2n) is 4.70. The number of nitrogens with one attached hydrogen (secondary N) is 2. The number of hydrogen-bond acceptors (Lipinski definition) is 4.